The molecule has 1 aromatic heterocycles. The quantitative estimate of drug-likeness (QED) is 0.602. The summed E-state index contributed by atoms with van der Waals surface area (Å²) in [6.45, 7) is 0.230. The number of nitrogens with two attached hydrogens (primary N) is 1. The molecular weight excluding hydrogens is 168 g/mol. The van der Waals surface area contributed by atoms with Gasteiger partial charge < -0.3 is 16.2 Å². The van der Waals surface area contributed by atoms with Crippen LogP contribution >= 0.6 is 0 Å². The second-order valence-electron chi connectivity index (χ2n) is 3.26. The number of nitrogens with zero attached hydrogens (tertiary/aromatic N) is 2. The summed E-state index contributed by atoms with van der Waals surface area (Å²) in [6, 6.07) is 0.334. The number of aromatic nitrogens is 2. The van der Waals surface area contributed by atoms with Gasteiger partial charge in [-0.05, 0) is 6.42 Å². The Hall–Kier alpha value is -1.36. The molecule has 0 aliphatic heterocycles. The van der Waals surface area contributed by atoms with Gasteiger partial charge >= 0.3 is 0 Å². The summed E-state index contributed by atoms with van der Waals surface area (Å²) in [5, 5.41) is 12.0. The first-order chi connectivity index (χ1) is 6.29. The van der Waals surface area contributed by atoms with E-state index in [9.17, 15) is 0 Å². The fourth-order valence-corrected chi connectivity index (χ4v) is 1.27. The zero-order valence-corrected chi connectivity index (χ0v) is 7.14. The van der Waals surface area contributed by atoms with E-state index in [1.54, 1.807) is 6.20 Å². The van der Waals surface area contributed by atoms with Crippen LogP contribution in [-0.2, 0) is 0 Å². The van der Waals surface area contributed by atoms with Gasteiger partial charge in [0.25, 0.3) is 0 Å². The molecule has 4 N–H and O–H groups in total. The van der Waals surface area contributed by atoms with E-state index in [-0.39, 0.29) is 6.61 Å². The second-order valence-corrected chi connectivity index (χ2v) is 3.26. The lowest BCUT2D eigenvalue weighted by Gasteiger charge is -2.03. The predicted molar refractivity (Wildman–Crippen MR) is 49.0 cm³/mol. The molecule has 0 amide bonds. The molecular formula is C8H12N4O. The molecule has 0 spiro atoms. The summed E-state index contributed by atoms with van der Waals surface area (Å²) in [5.74, 6) is 1.45. The Morgan fingerprint density at radius 3 is 3.08 bits per heavy atom. The van der Waals surface area contributed by atoms with Crippen molar-refractivity contribution in [3.63, 3.8) is 0 Å². The number of aliphatic hydroxyl groups is 1. The van der Waals surface area contributed by atoms with E-state index in [4.69, 9.17) is 10.8 Å². The maximum atomic E-state index is 8.81. The van der Waals surface area contributed by atoms with E-state index in [0.29, 0.717) is 23.6 Å². The maximum Gasteiger partial charge on any atom is 0.147 e. The van der Waals surface area contributed by atoms with Crippen molar-refractivity contribution in [2.75, 3.05) is 17.7 Å². The molecule has 1 fully saturated rings. The number of aliphatic hydroxyl groups excluding tert-OH is 1. The van der Waals surface area contributed by atoms with E-state index >= 15 is 0 Å². The molecule has 5 heteroatoms. The van der Waals surface area contributed by atoms with Crippen molar-refractivity contribution in [1.29, 1.82) is 0 Å². The average Bonchev–Trinajstić information content (AvgIpc) is 2.83. The summed E-state index contributed by atoms with van der Waals surface area (Å²) in [6.07, 6.45) is 4.12. The topological polar surface area (TPSA) is 84.1 Å². The number of hydrogen-bond donors (Lipinski definition) is 3. The molecule has 0 unspecified atom stereocenters. The molecule has 13 heavy (non-hydrogen) atoms. The Balaban J connectivity index is 1.95. The van der Waals surface area contributed by atoms with Crippen LogP contribution in [0.4, 0.5) is 11.6 Å². The minimum absolute atomic E-state index is 0.230. The number of rotatable bonds is 3. The molecule has 2 rings (SSSR count). The second kappa shape index (κ2) is 3.18. The fraction of sp³-hybridized carbons (Fsp3) is 0.500. The van der Waals surface area contributed by atoms with Gasteiger partial charge in [0.15, 0.2) is 0 Å². The fourth-order valence-electron chi connectivity index (χ4n) is 1.27. The Kier molecular flexibility index (Phi) is 2.02. The van der Waals surface area contributed by atoms with Crippen LogP contribution in [0.1, 0.15) is 6.42 Å². The van der Waals surface area contributed by atoms with Gasteiger partial charge in [-0.25, -0.2) is 4.98 Å². The number of anilines is 2. The molecule has 0 bridgehead atoms. The van der Waals surface area contributed by atoms with Crippen molar-refractivity contribution >= 4 is 11.6 Å². The molecule has 1 heterocycles. The Morgan fingerprint density at radius 1 is 1.62 bits per heavy atom. The average molecular weight is 180 g/mol. The molecule has 1 saturated carbocycles. The van der Waals surface area contributed by atoms with E-state index in [1.165, 1.54) is 6.20 Å². The van der Waals surface area contributed by atoms with Gasteiger partial charge in [0.1, 0.15) is 11.6 Å². The Bertz CT molecular complexity index is 304. The molecule has 70 valence electrons. The van der Waals surface area contributed by atoms with Crippen molar-refractivity contribution < 1.29 is 5.11 Å². The predicted octanol–water partition coefficient (Wildman–Crippen LogP) is -0.149. The van der Waals surface area contributed by atoms with Crippen LogP contribution in [-0.4, -0.2) is 27.7 Å². The van der Waals surface area contributed by atoms with E-state index < -0.39 is 0 Å². The van der Waals surface area contributed by atoms with Crippen LogP contribution < -0.4 is 11.1 Å². The van der Waals surface area contributed by atoms with Crippen LogP contribution in [0, 0.1) is 5.92 Å². The van der Waals surface area contributed by atoms with E-state index in [0.717, 1.165) is 6.42 Å². The maximum absolute atomic E-state index is 8.81. The van der Waals surface area contributed by atoms with Gasteiger partial charge in [-0.1, -0.05) is 0 Å². The van der Waals surface area contributed by atoms with Crippen molar-refractivity contribution in [3.05, 3.63) is 12.4 Å². The van der Waals surface area contributed by atoms with E-state index in [2.05, 4.69) is 15.3 Å². The number of nitrogen functional groups attached to an aromatic ring is 1. The standard InChI is InChI=1S/C8H12N4O/c9-7-2-10-3-8(12-7)11-6-1-5(6)4-13/h2-3,5-6,13H,1,4H2,(H3,9,11,12)/t5-,6+/m0/s1. The first kappa shape index (κ1) is 8.25. The molecule has 2 atom stereocenters. The zero-order valence-electron chi connectivity index (χ0n) is 7.14. The van der Waals surface area contributed by atoms with Crippen molar-refractivity contribution in [2.45, 2.75) is 12.5 Å². The summed E-state index contributed by atoms with van der Waals surface area (Å²) in [7, 11) is 0. The summed E-state index contributed by atoms with van der Waals surface area (Å²) in [4.78, 5) is 7.95. The van der Waals surface area contributed by atoms with Crippen molar-refractivity contribution in [1.82, 2.24) is 9.97 Å². The van der Waals surface area contributed by atoms with Crippen molar-refractivity contribution in [3.8, 4) is 0 Å². The van der Waals surface area contributed by atoms with Crippen LogP contribution in [0.5, 0.6) is 0 Å². The highest BCUT2D eigenvalue weighted by Crippen LogP contribution is 2.32. The lowest BCUT2D eigenvalue weighted by molar-refractivity contribution is 0.275. The van der Waals surface area contributed by atoms with Gasteiger partial charge in [-0.3, -0.25) is 4.98 Å². The summed E-state index contributed by atoms with van der Waals surface area (Å²) < 4.78 is 0. The lowest BCUT2D eigenvalue weighted by Crippen LogP contribution is -2.08. The third-order valence-electron chi connectivity index (χ3n) is 2.14. The van der Waals surface area contributed by atoms with E-state index in [1.807, 2.05) is 0 Å². The third kappa shape index (κ3) is 1.86. The summed E-state index contributed by atoms with van der Waals surface area (Å²) in [5.41, 5.74) is 5.46. The first-order valence-corrected chi connectivity index (χ1v) is 4.24. The van der Waals surface area contributed by atoms with Gasteiger partial charge in [0, 0.05) is 18.6 Å². The highest BCUT2D eigenvalue weighted by molar-refractivity contribution is 5.40. The smallest absolute Gasteiger partial charge is 0.147 e. The number of nitrogens with one attached hydrogen (secondary N) is 1. The van der Waals surface area contributed by atoms with Crippen LogP contribution in [0.2, 0.25) is 0 Å². The third-order valence-corrected chi connectivity index (χ3v) is 2.14. The van der Waals surface area contributed by atoms with Crippen molar-refractivity contribution in [2.24, 2.45) is 5.92 Å². The first-order valence-electron chi connectivity index (χ1n) is 4.24. The molecule has 0 aromatic carbocycles. The highest BCUT2D eigenvalue weighted by atomic mass is 16.3. The minimum atomic E-state index is 0.230. The molecule has 1 aromatic rings. The van der Waals surface area contributed by atoms with Gasteiger partial charge in [-0.15, -0.1) is 0 Å². The summed E-state index contributed by atoms with van der Waals surface area (Å²) >= 11 is 0. The van der Waals surface area contributed by atoms with Gasteiger partial charge in [-0.2, -0.15) is 0 Å². The van der Waals surface area contributed by atoms with Crippen LogP contribution in [0.15, 0.2) is 12.4 Å². The Morgan fingerprint density at radius 2 is 2.46 bits per heavy atom. The zero-order chi connectivity index (χ0) is 9.26. The van der Waals surface area contributed by atoms with Crippen LogP contribution in [0.3, 0.4) is 0 Å². The normalized spacial score (nSPS) is 25.6. The SMILES string of the molecule is Nc1cncc(N[C@@H]2C[C@H]2CO)n1. The minimum Gasteiger partial charge on any atom is -0.396 e. The highest BCUT2D eigenvalue weighted by Gasteiger charge is 2.36. The molecule has 0 saturated heterocycles. The molecule has 1 aliphatic carbocycles. The number of hydrogen-bond acceptors (Lipinski definition) is 5. The molecule has 1 aliphatic rings. The van der Waals surface area contributed by atoms with Gasteiger partial charge in [0.05, 0.1) is 12.4 Å². The lowest BCUT2D eigenvalue weighted by atomic mass is 10.4. The molecule has 0 radical (unpaired) electrons. The monoisotopic (exact) mass is 180 g/mol. The van der Waals surface area contributed by atoms with Gasteiger partial charge in [0.2, 0.25) is 0 Å². The van der Waals surface area contributed by atoms with Crippen LogP contribution in [0.25, 0.3) is 0 Å². The largest absolute Gasteiger partial charge is 0.396 e. The molecule has 5 nitrogen and oxygen atoms in total. The Labute approximate surface area is 76.0 Å².